The molecule has 6 nitrogen and oxygen atoms in total. The summed E-state index contributed by atoms with van der Waals surface area (Å²) in [5.41, 5.74) is -0.505. The van der Waals surface area contributed by atoms with Gasteiger partial charge in [0.05, 0.1) is 28.2 Å². The molecule has 0 spiro atoms. The largest absolute Gasteiger partial charge is 0.444 e. The lowest BCUT2D eigenvalue weighted by atomic mass is 10.2. The monoisotopic (exact) mass is 345 g/mol. The molecule has 8 heteroatoms. The van der Waals surface area contributed by atoms with Crippen LogP contribution in [0.3, 0.4) is 0 Å². The van der Waals surface area contributed by atoms with Crippen LogP contribution in [0.25, 0.3) is 0 Å². The van der Waals surface area contributed by atoms with Crippen molar-refractivity contribution in [3.05, 3.63) is 17.4 Å². The second-order valence-corrected chi connectivity index (χ2v) is 8.10. The van der Waals surface area contributed by atoms with Gasteiger partial charge in [0.15, 0.2) is 0 Å². The number of hydrogen-bond donors (Lipinski definition) is 0. The average molecular weight is 346 g/mol. The molecule has 1 aliphatic heterocycles. The summed E-state index contributed by atoms with van der Waals surface area (Å²) in [4.78, 5) is 21.6. The average Bonchev–Trinajstić information content (AvgIpc) is 2.86. The number of aromatic nitrogens is 2. The Bertz CT molecular complexity index is 559. The highest BCUT2D eigenvalue weighted by Crippen LogP contribution is 2.21. The van der Waals surface area contributed by atoms with Gasteiger partial charge < -0.3 is 9.64 Å². The summed E-state index contributed by atoms with van der Waals surface area (Å²) in [7, 11) is -1.29. The Morgan fingerprint density at radius 3 is 2.68 bits per heavy atom. The Labute approximate surface area is 137 Å². The molecule has 122 valence electrons. The predicted octanol–water partition coefficient (Wildman–Crippen LogP) is 2.49. The Hall–Kier alpha value is -1.21. The van der Waals surface area contributed by atoms with E-state index in [0.29, 0.717) is 23.9 Å². The van der Waals surface area contributed by atoms with Crippen molar-refractivity contribution in [3.8, 4) is 0 Å². The van der Waals surface area contributed by atoms with E-state index in [0.717, 1.165) is 6.42 Å². The minimum Gasteiger partial charge on any atom is -0.444 e. The number of rotatable bonds is 3. The standard InChI is InChI=1S/C14H20ClN3O3S/c1-14(2,3)21-13(19)18-5-4-10(8-18)9-22(20)12-16-6-11(15)7-17-12/h6-7,10H,4-5,8-9H2,1-3H3/t10-,22-/m1/s1. The minimum atomic E-state index is -1.29. The van der Waals surface area contributed by atoms with E-state index in [1.807, 2.05) is 20.8 Å². The van der Waals surface area contributed by atoms with Gasteiger partial charge in [0.2, 0.25) is 5.16 Å². The van der Waals surface area contributed by atoms with Crippen molar-refractivity contribution in [2.24, 2.45) is 5.92 Å². The van der Waals surface area contributed by atoms with Gasteiger partial charge in [0, 0.05) is 18.8 Å². The second-order valence-electron chi connectivity index (χ2n) is 6.28. The predicted molar refractivity (Wildman–Crippen MR) is 84.2 cm³/mol. The van der Waals surface area contributed by atoms with Crippen LogP contribution in [0.1, 0.15) is 27.2 Å². The van der Waals surface area contributed by atoms with Crippen molar-refractivity contribution < 1.29 is 13.7 Å². The first-order chi connectivity index (χ1) is 10.2. The Kier molecular flexibility index (Phi) is 5.39. The molecule has 1 saturated heterocycles. The van der Waals surface area contributed by atoms with Crippen LogP contribution >= 0.6 is 11.6 Å². The van der Waals surface area contributed by atoms with E-state index in [1.54, 1.807) is 4.90 Å². The number of carbonyl (C=O) groups is 1. The lowest BCUT2D eigenvalue weighted by molar-refractivity contribution is 0.0289. The van der Waals surface area contributed by atoms with E-state index < -0.39 is 16.4 Å². The fourth-order valence-corrected chi connectivity index (χ4v) is 3.46. The van der Waals surface area contributed by atoms with E-state index in [1.165, 1.54) is 12.4 Å². The van der Waals surface area contributed by atoms with Crippen molar-refractivity contribution in [1.29, 1.82) is 0 Å². The molecular formula is C14H20ClN3O3S. The van der Waals surface area contributed by atoms with Gasteiger partial charge in [-0.15, -0.1) is 0 Å². The molecule has 1 amide bonds. The van der Waals surface area contributed by atoms with Crippen molar-refractivity contribution in [3.63, 3.8) is 0 Å². The molecule has 0 radical (unpaired) electrons. The van der Waals surface area contributed by atoms with Gasteiger partial charge in [-0.1, -0.05) is 11.6 Å². The van der Waals surface area contributed by atoms with Crippen molar-refractivity contribution >= 4 is 28.5 Å². The summed E-state index contributed by atoms with van der Waals surface area (Å²) in [5, 5.41) is 0.692. The fraction of sp³-hybridized carbons (Fsp3) is 0.643. The van der Waals surface area contributed by atoms with E-state index in [4.69, 9.17) is 16.3 Å². The molecule has 0 aromatic carbocycles. The van der Waals surface area contributed by atoms with Gasteiger partial charge in [-0.3, -0.25) is 4.21 Å². The Balaban J connectivity index is 1.87. The number of likely N-dealkylation sites (tertiary alicyclic amines) is 1. The normalized spacial score (nSPS) is 20.0. The molecule has 2 atom stereocenters. The number of amides is 1. The molecule has 1 fully saturated rings. The first-order valence-corrected chi connectivity index (χ1v) is 8.78. The summed E-state index contributed by atoms with van der Waals surface area (Å²) in [5.74, 6) is 0.591. The van der Waals surface area contributed by atoms with E-state index >= 15 is 0 Å². The molecule has 2 heterocycles. The molecule has 1 aliphatic rings. The molecule has 0 bridgehead atoms. The zero-order chi connectivity index (χ0) is 16.3. The molecule has 2 rings (SSSR count). The van der Waals surface area contributed by atoms with Crippen LogP contribution in [-0.4, -0.2) is 49.6 Å². The maximum absolute atomic E-state index is 12.2. The zero-order valence-corrected chi connectivity index (χ0v) is 14.5. The maximum Gasteiger partial charge on any atom is 0.410 e. The SMILES string of the molecule is CC(C)(C)OC(=O)N1CC[C@@H](C[S@@](=O)c2ncc(Cl)cn2)C1. The van der Waals surface area contributed by atoms with Crippen LogP contribution < -0.4 is 0 Å². The summed E-state index contributed by atoms with van der Waals surface area (Å²) < 4.78 is 17.6. The smallest absolute Gasteiger partial charge is 0.410 e. The van der Waals surface area contributed by atoms with Crippen LogP contribution in [-0.2, 0) is 15.5 Å². The van der Waals surface area contributed by atoms with Gasteiger partial charge in [-0.2, -0.15) is 0 Å². The molecule has 0 unspecified atom stereocenters. The van der Waals surface area contributed by atoms with Gasteiger partial charge in [-0.25, -0.2) is 14.8 Å². The second kappa shape index (κ2) is 6.91. The number of carbonyl (C=O) groups excluding carboxylic acids is 1. The Morgan fingerprint density at radius 1 is 1.45 bits per heavy atom. The van der Waals surface area contributed by atoms with Crippen molar-refractivity contribution in [1.82, 2.24) is 14.9 Å². The maximum atomic E-state index is 12.2. The first kappa shape index (κ1) is 17.1. The number of halogens is 1. The highest BCUT2D eigenvalue weighted by molar-refractivity contribution is 7.84. The number of ether oxygens (including phenoxy) is 1. The molecule has 0 N–H and O–H groups in total. The summed E-state index contributed by atoms with van der Waals surface area (Å²) in [6.45, 7) is 6.69. The van der Waals surface area contributed by atoms with Gasteiger partial charge >= 0.3 is 6.09 Å². The highest BCUT2D eigenvalue weighted by Gasteiger charge is 2.31. The molecule has 0 aliphatic carbocycles. The number of nitrogens with zero attached hydrogens (tertiary/aromatic N) is 3. The lowest BCUT2D eigenvalue weighted by Crippen LogP contribution is -2.35. The van der Waals surface area contributed by atoms with Gasteiger partial charge in [0.25, 0.3) is 0 Å². The third kappa shape index (κ3) is 4.91. The van der Waals surface area contributed by atoms with Crippen LogP contribution in [0.2, 0.25) is 5.02 Å². The fourth-order valence-electron chi connectivity index (χ4n) is 2.17. The van der Waals surface area contributed by atoms with E-state index in [9.17, 15) is 9.00 Å². The van der Waals surface area contributed by atoms with Gasteiger partial charge in [-0.05, 0) is 33.1 Å². The van der Waals surface area contributed by atoms with Crippen LogP contribution in [0.15, 0.2) is 17.6 Å². The van der Waals surface area contributed by atoms with E-state index in [2.05, 4.69) is 9.97 Å². The van der Waals surface area contributed by atoms with Gasteiger partial charge in [0.1, 0.15) is 5.60 Å². The van der Waals surface area contributed by atoms with Crippen LogP contribution in [0.5, 0.6) is 0 Å². The van der Waals surface area contributed by atoms with Crippen molar-refractivity contribution in [2.45, 2.75) is 37.9 Å². The molecule has 22 heavy (non-hydrogen) atoms. The lowest BCUT2D eigenvalue weighted by Gasteiger charge is -2.24. The van der Waals surface area contributed by atoms with E-state index in [-0.39, 0.29) is 17.2 Å². The molecule has 1 aromatic rings. The highest BCUT2D eigenvalue weighted by atomic mass is 35.5. The molecule has 0 saturated carbocycles. The zero-order valence-electron chi connectivity index (χ0n) is 12.9. The third-order valence-electron chi connectivity index (χ3n) is 3.12. The Morgan fingerprint density at radius 2 is 2.09 bits per heavy atom. The number of hydrogen-bond acceptors (Lipinski definition) is 5. The minimum absolute atomic E-state index is 0.160. The first-order valence-electron chi connectivity index (χ1n) is 7.08. The summed E-state index contributed by atoms with van der Waals surface area (Å²) in [6.07, 6.45) is 3.36. The van der Waals surface area contributed by atoms with Crippen molar-refractivity contribution in [2.75, 3.05) is 18.8 Å². The quantitative estimate of drug-likeness (QED) is 0.787. The summed E-state index contributed by atoms with van der Waals surface area (Å²) >= 11 is 5.71. The topological polar surface area (TPSA) is 72.4 Å². The molecular weight excluding hydrogens is 326 g/mol. The third-order valence-corrected chi connectivity index (χ3v) is 4.71. The van der Waals surface area contributed by atoms with Crippen LogP contribution in [0, 0.1) is 5.92 Å². The molecule has 1 aromatic heterocycles. The van der Waals surface area contributed by atoms with Crippen LogP contribution in [0.4, 0.5) is 4.79 Å². The summed E-state index contributed by atoms with van der Waals surface area (Å²) in [6, 6.07) is 0.